The van der Waals surface area contributed by atoms with Gasteiger partial charge in [-0.05, 0) is 42.4 Å². The summed E-state index contributed by atoms with van der Waals surface area (Å²) in [5.41, 5.74) is -0.00919. The molecule has 3 amide bonds. The number of ether oxygens (including phenoxy) is 2. The molecule has 0 spiro atoms. The molecule has 0 aromatic heterocycles. The van der Waals surface area contributed by atoms with E-state index in [1.165, 1.54) is 7.11 Å². The summed E-state index contributed by atoms with van der Waals surface area (Å²) < 4.78 is 10.8. The van der Waals surface area contributed by atoms with Crippen LogP contribution in [0.3, 0.4) is 0 Å². The van der Waals surface area contributed by atoms with Gasteiger partial charge in [0.1, 0.15) is 5.75 Å². The Labute approximate surface area is 197 Å². The van der Waals surface area contributed by atoms with Gasteiger partial charge >= 0.3 is 12.0 Å². The first-order valence-corrected chi connectivity index (χ1v) is 11.5. The highest BCUT2D eigenvalue weighted by molar-refractivity contribution is 5.99. The van der Waals surface area contributed by atoms with Crippen molar-refractivity contribution in [1.29, 1.82) is 0 Å². The normalized spacial score (nSPS) is 18.8. The van der Waals surface area contributed by atoms with Gasteiger partial charge in [0.15, 0.2) is 5.54 Å². The van der Waals surface area contributed by atoms with Crippen molar-refractivity contribution in [2.75, 3.05) is 40.4 Å². The zero-order valence-electron chi connectivity index (χ0n) is 21.3. The lowest BCUT2D eigenvalue weighted by Crippen LogP contribution is -2.69. The summed E-state index contributed by atoms with van der Waals surface area (Å²) >= 11 is 0. The summed E-state index contributed by atoms with van der Waals surface area (Å²) in [6.45, 7) is 13.2. The van der Waals surface area contributed by atoms with Crippen LogP contribution in [-0.2, 0) is 14.9 Å². The van der Waals surface area contributed by atoms with E-state index in [1.807, 2.05) is 26.8 Å². The van der Waals surface area contributed by atoms with Gasteiger partial charge in [-0.25, -0.2) is 9.59 Å². The van der Waals surface area contributed by atoms with Gasteiger partial charge in [-0.3, -0.25) is 4.79 Å². The average molecular weight is 462 g/mol. The SMILES string of the molecule is CCNC(=O)N1CCN(C(=O)c2ccc(C(C)(C)C)c(OC)c2)C(CC(C)C)(C(=O)OC)C1. The van der Waals surface area contributed by atoms with Gasteiger partial charge in [-0.1, -0.05) is 40.7 Å². The number of amides is 3. The van der Waals surface area contributed by atoms with Crippen molar-refractivity contribution in [3.05, 3.63) is 29.3 Å². The molecule has 1 aliphatic heterocycles. The molecule has 1 unspecified atom stereocenters. The lowest BCUT2D eigenvalue weighted by molar-refractivity contribution is -0.158. The lowest BCUT2D eigenvalue weighted by Gasteiger charge is -2.49. The molecule has 1 heterocycles. The molecule has 0 bridgehead atoms. The van der Waals surface area contributed by atoms with Crippen LogP contribution in [0.4, 0.5) is 4.79 Å². The van der Waals surface area contributed by atoms with Gasteiger partial charge in [0.25, 0.3) is 5.91 Å². The van der Waals surface area contributed by atoms with Crippen LogP contribution >= 0.6 is 0 Å². The highest BCUT2D eigenvalue weighted by Crippen LogP contribution is 2.35. The number of carbonyl (C=O) groups is 3. The monoisotopic (exact) mass is 461 g/mol. The van der Waals surface area contributed by atoms with Gasteiger partial charge in [0.05, 0.1) is 20.8 Å². The maximum absolute atomic E-state index is 13.8. The van der Waals surface area contributed by atoms with Crippen LogP contribution < -0.4 is 10.1 Å². The van der Waals surface area contributed by atoms with E-state index in [9.17, 15) is 14.4 Å². The minimum absolute atomic E-state index is 0.0760. The van der Waals surface area contributed by atoms with Crippen LogP contribution in [0, 0.1) is 5.92 Å². The first-order valence-electron chi connectivity index (χ1n) is 11.5. The first-order chi connectivity index (χ1) is 15.4. The molecule has 1 atom stereocenters. The third-order valence-electron chi connectivity index (χ3n) is 5.99. The van der Waals surface area contributed by atoms with Crippen LogP contribution in [0.1, 0.15) is 63.9 Å². The summed E-state index contributed by atoms with van der Waals surface area (Å²) in [6, 6.07) is 5.16. The fourth-order valence-corrected chi connectivity index (χ4v) is 4.55. The number of methoxy groups -OCH3 is 2. The average Bonchev–Trinajstić information content (AvgIpc) is 2.76. The molecule has 184 valence electrons. The number of hydrogen-bond acceptors (Lipinski definition) is 5. The standard InChI is InChI=1S/C25H39N3O5/c1-9-26-23(31)27-12-13-28(25(16-27,15-17(2)3)22(30)33-8)21(29)18-10-11-19(24(4,5)6)20(14-18)32-7/h10-11,14,17H,9,12-13,15-16H2,1-8H3,(H,26,31). The molecule has 2 rings (SSSR count). The quantitative estimate of drug-likeness (QED) is 0.656. The number of rotatable bonds is 6. The van der Waals surface area contributed by atoms with E-state index < -0.39 is 11.5 Å². The molecule has 1 saturated heterocycles. The number of hydrogen-bond donors (Lipinski definition) is 1. The Kier molecular flexibility index (Phi) is 8.38. The van der Waals surface area contributed by atoms with Crippen LogP contribution in [-0.4, -0.2) is 73.6 Å². The van der Waals surface area contributed by atoms with Gasteiger partial charge in [-0.2, -0.15) is 0 Å². The van der Waals surface area contributed by atoms with Crippen LogP contribution in [0.5, 0.6) is 5.75 Å². The zero-order valence-corrected chi connectivity index (χ0v) is 21.3. The number of nitrogens with one attached hydrogen (secondary N) is 1. The van der Waals surface area contributed by atoms with E-state index in [1.54, 1.807) is 29.0 Å². The molecule has 0 saturated carbocycles. The predicted octanol–water partition coefficient (Wildman–Crippen LogP) is 3.44. The van der Waals surface area contributed by atoms with Crippen molar-refractivity contribution >= 4 is 17.9 Å². The fourth-order valence-electron chi connectivity index (χ4n) is 4.55. The van der Waals surface area contributed by atoms with Gasteiger partial charge in [0, 0.05) is 25.2 Å². The highest BCUT2D eigenvalue weighted by Gasteiger charge is 2.52. The second-order valence-corrected chi connectivity index (χ2v) is 10.0. The van der Waals surface area contributed by atoms with Crippen molar-refractivity contribution < 1.29 is 23.9 Å². The Hall–Kier alpha value is -2.77. The van der Waals surface area contributed by atoms with Crippen LogP contribution in [0.2, 0.25) is 0 Å². The Morgan fingerprint density at radius 1 is 1.15 bits per heavy atom. The second kappa shape index (κ2) is 10.4. The zero-order chi connectivity index (χ0) is 25.0. The van der Waals surface area contributed by atoms with Crippen molar-refractivity contribution in [1.82, 2.24) is 15.1 Å². The Morgan fingerprint density at radius 2 is 1.82 bits per heavy atom. The topological polar surface area (TPSA) is 88.2 Å². The molecular weight excluding hydrogens is 422 g/mol. The molecule has 1 aromatic rings. The summed E-state index contributed by atoms with van der Waals surface area (Å²) in [5, 5.41) is 2.79. The van der Waals surface area contributed by atoms with E-state index in [-0.39, 0.29) is 36.4 Å². The molecule has 1 fully saturated rings. The maximum atomic E-state index is 13.8. The number of urea groups is 1. The fraction of sp³-hybridized carbons (Fsp3) is 0.640. The third-order valence-corrected chi connectivity index (χ3v) is 5.99. The number of carbonyl (C=O) groups excluding carboxylic acids is 3. The largest absolute Gasteiger partial charge is 0.496 e. The van der Waals surface area contributed by atoms with Crippen molar-refractivity contribution in [2.45, 2.75) is 58.9 Å². The molecule has 1 aliphatic rings. The summed E-state index contributed by atoms with van der Waals surface area (Å²) in [5.74, 6) is -0.0830. The van der Waals surface area contributed by atoms with Crippen molar-refractivity contribution in [2.24, 2.45) is 5.92 Å². The lowest BCUT2D eigenvalue weighted by atomic mass is 9.83. The predicted molar refractivity (Wildman–Crippen MR) is 128 cm³/mol. The van der Waals surface area contributed by atoms with Gasteiger partial charge < -0.3 is 24.6 Å². The Balaban J connectivity index is 2.54. The van der Waals surface area contributed by atoms with E-state index in [4.69, 9.17) is 9.47 Å². The third kappa shape index (κ3) is 5.60. The summed E-state index contributed by atoms with van der Waals surface area (Å²) in [4.78, 5) is 42.8. The number of piperazine rings is 1. The van der Waals surface area contributed by atoms with Crippen molar-refractivity contribution in [3.63, 3.8) is 0 Å². The van der Waals surface area contributed by atoms with Gasteiger partial charge in [0.2, 0.25) is 0 Å². The smallest absolute Gasteiger partial charge is 0.333 e. The van der Waals surface area contributed by atoms with Gasteiger partial charge in [-0.15, -0.1) is 0 Å². The molecule has 33 heavy (non-hydrogen) atoms. The summed E-state index contributed by atoms with van der Waals surface area (Å²) in [6.07, 6.45) is 0.374. The Bertz CT molecular complexity index is 877. The van der Waals surface area contributed by atoms with Crippen molar-refractivity contribution in [3.8, 4) is 5.75 Å². The molecule has 1 aromatic carbocycles. The number of nitrogens with zero attached hydrogens (tertiary/aromatic N) is 2. The molecule has 1 N–H and O–H groups in total. The highest BCUT2D eigenvalue weighted by atomic mass is 16.5. The summed E-state index contributed by atoms with van der Waals surface area (Å²) in [7, 11) is 2.90. The van der Waals surface area contributed by atoms with E-state index >= 15 is 0 Å². The molecule has 8 nitrogen and oxygen atoms in total. The first kappa shape index (κ1) is 26.5. The van der Waals surface area contributed by atoms with E-state index in [0.717, 1.165) is 5.56 Å². The van der Waals surface area contributed by atoms with Crippen LogP contribution in [0.25, 0.3) is 0 Å². The number of esters is 1. The van der Waals surface area contributed by atoms with E-state index in [2.05, 4.69) is 26.1 Å². The minimum Gasteiger partial charge on any atom is -0.496 e. The number of benzene rings is 1. The molecular formula is C25H39N3O5. The molecule has 0 radical (unpaired) electrons. The minimum atomic E-state index is -1.28. The van der Waals surface area contributed by atoms with E-state index in [0.29, 0.717) is 30.8 Å². The second-order valence-electron chi connectivity index (χ2n) is 10.0. The molecule has 8 heteroatoms. The Morgan fingerprint density at radius 3 is 2.33 bits per heavy atom. The molecule has 0 aliphatic carbocycles. The maximum Gasteiger partial charge on any atom is 0.333 e. The van der Waals surface area contributed by atoms with Crippen LogP contribution in [0.15, 0.2) is 18.2 Å².